The normalized spacial score (nSPS) is 17.5. The van der Waals surface area contributed by atoms with Gasteiger partial charge in [-0.15, -0.1) is 0 Å². The first kappa shape index (κ1) is 24.2. The van der Waals surface area contributed by atoms with E-state index in [0.717, 1.165) is 12.0 Å². The number of hydrogen-bond acceptors (Lipinski definition) is 5. The quantitative estimate of drug-likeness (QED) is 0.653. The highest BCUT2D eigenvalue weighted by atomic mass is 32.2. The van der Waals surface area contributed by atoms with Crippen molar-refractivity contribution in [3.8, 4) is 5.75 Å². The van der Waals surface area contributed by atoms with E-state index in [-0.39, 0.29) is 11.9 Å². The maximum atomic E-state index is 13.1. The van der Waals surface area contributed by atoms with E-state index in [2.05, 4.69) is 19.2 Å². The Morgan fingerprint density at radius 1 is 1.06 bits per heavy atom. The Bertz CT molecular complexity index is 1020. The summed E-state index contributed by atoms with van der Waals surface area (Å²) in [4.78, 5) is 15.0. The number of piperazine rings is 1. The number of nitrogens with one attached hydrogen (secondary N) is 1. The zero-order valence-electron chi connectivity index (χ0n) is 19.2. The number of hydrogen-bond donors (Lipinski definition) is 1. The maximum absolute atomic E-state index is 13.1. The monoisotopic (exact) mass is 459 g/mol. The standard InChI is InChI=1S/C24H33N3O4S/c1-5-18(2)20-9-11-23(12-10-20)32(29,30)27-15-13-26(14-16-27)19(3)24(28)25-21-7-6-8-22(17-21)31-4/h6-12,17-19H,5,13-16H2,1-4H3,(H,25,28). The average Bonchev–Trinajstić information content (AvgIpc) is 2.83. The minimum absolute atomic E-state index is 0.129. The summed E-state index contributed by atoms with van der Waals surface area (Å²) in [7, 11) is -1.96. The Labute approximate surface area is 191 Å². The van der Waals surface area contributed by atoms with Crippen LogP contribution in [0.1, 0.15) is 38.7 Å². The molecule has 1 heterocycles. The van der Waals surface area contributed by atoms with Gasteiger partial charge in [0.15, 0.2) is 0 Å². The van der Waals surface area contributed by atoms with Crippen molar-refractivity contribution in [1.82, 2.24) is 9.21 Å². The third-order valence-corrected chi connectivity index (χ3v) is 8.15. The minimum Gasteiger partial charge on any atom is -0.497 e. The Kier molecular flexibility index (Phi) is 7.92. The molecule has 3 rings (SSSR count). The molecule has 8 heteroatoms. The van der Waals surface area contributed by atoms with Gasteiger partial charge in [0.05, 0.1) is 18.0 Å². The van der Waals surface area contributed by atoms with Gasteiger partial charge in [-0.05, 0) is 49.1 Å². The van der Waals surface area contributed by atoms with Crippen LogP contribution in [0.3, 0.4) is 0 Å². The molecule has 174 valence electrons. The molecule has 0 saturated carbocycles. The van der Waals surface area contributed by atoms with Crippen LogP contribution in [0.5, 0.6) is 5.75 Å². The van der Waals surface area contributed by atoms with Gasteiger partial charge in [-0.3, -0.25) is 9.69 Å². The van der Waals surface area contributed by atoms with Gasteiger partial charge < -0.3 is 10.1 Å². The molecule has 2 aromatic carbocycles. The summed E-state index contributed by atoms with van der Waals surface area (Å²) in [5.74, 6) is 0.946. The number of rotatable bonds is 8. The topological polar surface area (TPSA) is 79.0 Å². The van der Waals surface area contributed by atoms with Crippen LogP contribution in [-0.2, 0) is 14.8 Å². The second-order valence-corrected chi connectivity index (χ2v) is 10.2. The number of amides is 1. The van der Waals surface area contributed by atoms with E-state index < -0.39 is 10.0 Å². The first-order valence-corrected chi connectivity index (χ1v) is 12.5. The molecule has 1 amide bonds. The summed E-state index contributed by atoms with van der Waals surface area (Å²) in [5, 5.41) is 2.91. The summed E-state index contributed by atoms with van der Waals surface area (Å²) in [5.41, 5.74) is 1.82. The average molecular weight is 460 g/mol. The van der Waals surface area contributed by atoms with Gasteiger partial charge in [0.1, 0.15) is 5.75 Å². The Balaban J connectivity index is 1.59. The molecule has 2 unspecified atom stereocenters. The lowest BCUT2D eigenvalue weighted by Crippen LogP contribution is -2.53. The first-order chi connectivity index (χ1) is 15.3. The van der Waals surface area contributed by atoms with E-state index >= 15 is 0 Å². The molecule has 7 nitrogen and oxygen atoms in total. The first-order valence-electron chi connectivity index (χ1n) is 11.0. The van der Waals surface area contributed by atoms with Crippen molar-refractivity contribution < 1.29 is 17.9 Å². The van der Waals surface area contributed by atoms with E-state index in [4.69, 9.17) is 4.74 Å². The lowest BCUT2D eigenvalue weighted by molar-refractivity contribution is -0.121. The van der Waals surface area contributed by atoms with Gasteiger partial charge in [0.25, 0.3) is 0 Å². The third-order valence-electron chi connectivity index (χ3n) is 6.24. The second-order valence-electron chi connectivity index (χ2n) is 8.22. The number of sulfonamides is 1. The smallest absolute Gasteiger partial charge is 0.243 e. The molecule has 2 aromatic rings. The summed E-state index contributed by atoms with van der Waals surface area (Å²) >= 11 is 0. The van der Waals surface area contributed by atoms with Crippen molar-refractivity contribution in [2.75, 3.05) is 38.6 Å². The molecular weight excluding hydrogens is 426 g/mol. The van der Waals surface area contributed by atoms with Crippen LogP contribution in [0.25, 0.3) is 0 Å². The highest BCUT2D eigenvalue weighted by Gasteiger charge is 2.31. The third kappa shape index (κ3) is 5.49. The molecule has 1 aliphatic heterocycles. The fraction of sp³-hybridized carbons (Fsp3) is 0.458. The zero-order chi connectivity index (χ0) is 23.3. The van der Waals surface area contributed by atoms with E-state index in [1.807, 2.05) is 42.2 Å². The van der Waals surface area contributed by atoms with Gasteiger partial charge in [0.2, 0.25) is 15.9 Å². The number of anilines is 1. The largest absolute Gasteiger partial charge is 0.497 e. The molecular formula is C24H33N3O4S. The Hall–Kier alpha value is -2.42. The van der Waals surface area contributed by atoms with Crippen LogP contribution in [-0.4, -0.2) is 62.9 Å². The lowest BCUT2D eigenvalue weighted by Gasteiger charge is -2.36. The fourth-order valence-corrected chi connectivity index (χ4v) is 5.22. The molecule has 32 heavy (non-hydrogen) atoms. The van der Waals surface area contributed by atoms with E-state index in [1.165, 1.54) is 4.31 Å². The van der Waals surface area contributed by atoms with Crippen LogP contribution in [0.15, 0.2) is 53.4 Å². The number of carbonyl (C=O) groups excluding carboxylic acids is 1. The van der Waals surface area contributed by atoms with Crippen molar-refractivity contribution in [2.45, 2.75) is 44.0 Å². The second kappa shape index (κ2) is 10.5. The molecule has 0 aromatic heterocycles. The molecule has 0 radical (unpaired) electrons. The molecule has 2 atom stereocenters. The van der Waals surface area contributed by atoms with Crippen molar-refractivity contribution in [3.05, 3.63) is 54.1 Å². The minimum atomic E-state index is -3.54. The maximum Gasteiger partial charge on any atom is 0.243 e. The highest BCUT2D eigenvalue weighted by Crippen LogP contribution is 2.23. The summed E-state index contributed by atoms with van der Waals surface area (Å²) in [6.07, 6.45) is 1.01. The fourth-order valence-electron chi connectivity index (χ4n) is 3.80. The van der Waals surface area contributed by atoms with Crippen molar-refractivity contribution >= 4 is 21.6 Å². The number of benzene rings is 2. The predicted molar refractivity (Wildman–Crippen MR) is 127 cm³/mol. The lowest BCUT2D eigenvalue weighted by atomic mass is 9.99. The predicted octanol–water partition coefficient (Wildman–Crippen LogP) is 3.54. The SMILES string of the molecule is CCC(C)c1ccc(S(=O)(=O)N2CCN(C(C)C(=O)Nc3cccc(OC)c3)CC2)cc1. The van der Waals surface area contributed by atoms with Crippen LogP contribution in [0, 0.1) is 0 Å². The Morgan fingerprint density at radius 2 is 1.72 bits per heavy atom. The van der Waals surface area contributed by atoms with E-state index in [1.54, 1.807) is 25.3 Å². The number of carbonyl (C=O) groups is 1. The summed E-state index contributed by atoms with van der Waals surface area (Å²) < 4.78 is 32.8. The molecule has 0 spiro atoms. The van der Waals surface area contributed by atoms with Crippen LogP contribution in [0.4, 0.5) is 5.69 Å². The van der Waals surface area contributed by atoms with Gasteiger partial charge in [0, 0.05) is 37.9 Å². The zero-order valence-corrected chi connectivity index (χ0v) is 20.1. The summed E-state index contributed by atoms with van der Waals surface area (Å²) in [6.45, 7) is 7.79. The van der Waals surface area contributed by atoms with Crippen molar-refractivity contribution in [3.63, 3.8) is 0 Å². The van der Waals surface area contributed by atoms with Gasteiger partial charge >= 0.3 is 0 Å². The van der Waals surface area contributed by atoms with Crippen LogP contribution < -0.4 is 10.1 Å². The molecule has 1 N–H and O–H groups in total. The van der Waals surface area contributed by atoms with Crippen LogP contribution in [0.2, 0.25) is 0 Å². The number of methoxy groups -OCH3 is 1. The van der Waals surface area contributed by atoms with Gasteiger partial charge in [-0.1, -0.05) is 32.0 Å². The molecule has 0 bridgehead atoms. The summed E-state index contributed by atoms with van der Waals surface area (Å²) in [6, 6.07) is 14.0. The van der Waals surface area contributed by atoms with Gasteiger partial charge in [-0.2, -0.15) is 4.31 Å². The van der Waals surface area contributed by atoms with E-state index in [0.29, 0.717) is 48.4 Å². The molecule has 1 fully saturated rings. The Morgan fingerprint density at radius 3 is 2.31 bits per heavy atom. The van der Waals surface area contributed by atoms with E-state index in [9.17, 15) is 13.2 Å². The number of ether oxygens (including phenoxy) is 1. The molecule has 1 saturated heterocycles. The molecule has 0 aliphatic carbocycles. The van der Waals surface area contributed by atoms with Gasteiger partial charge in [-0.25, -0.2) is 8.42 Å². The number of nitrogens with zero attached hydrogens (tertiary/aromatic N) is 2. The molecule has 1 aliphatic rings. The highest BCUT2D eigenvalue weighted by molar-refractivity contribution is 7.89. The van der Waals surface area contributed by atoms with Crippen LogP contribution >= 0.6 is 0 Å². The van der Waals surface area contributed by atoms with Crippen molar-refractivity contribution in [2.24, 2.45) is 0 Å². The van der Waals surface area contributed by atoms with Crippen molar-refractivity contribution in [1.29, 1.82) is 0 Å².